The van der Waals surface area contributed by atoms with Crippen molar-refractivity contribution in [3.63, 3.8) is 0 Å². The second kappa shape index (κ2) is 5.54. The molecule has 3 nitrogen and oxygen atoms in total. The first-order valence-electron chi connectivity index (χ1n) is 6.16. The second-order valence-electron chi connectivity index (χ2n) is 4.56. The zero-order valence-electron chi connectivity index (χ0n) is 10.9. The maximum atomic E-state index is 5.99. The fourth-order valence-electron chi connectivity index (χ4n) is 1.88. The van der Waals surface area contributed by atoms with Crippen LogP contribution >= 0.6 is 0 Å². The van der Waals surface area contributed by atoms with Gasteiger partial charge < -0.3 is 11.1 Å². The van der Waals surface area contributed by atoms with Gasteiger partial charge in [0.2, 0.25) is 0 Å². The van der Waals surface area contributed by atoms with Crippen LogP contribution in [0.4, 0.5) is 11.4 Å². The average molecular weight is 241 g/mol. The number of nitrogens with one attached hydrogen (secondary N) is 1. The Kier molecular flexibility index (Phi) is 3.82. The van der Waals surface area contributed by atoms with Crippen LogP contribution in [0.2, 0.25) is 0 Å². The number of anilines is 2. The zero-order chi connectivity index (χ0) is 13.0. The van der Waals surface area contributed by atoms with Gasteiger partial charge in [0.05, 0.1) is 11.4 Å². The minimum atomic E-state index is 0.810. The molecule has 3 heteroatoms. The number of nitrogens with zero attached hydrogens (tertiary/aromatic N) is 1. The monoisotopic (exact) mass is 241 g/mol. The number of benzene rings is 1. The van der Waals surface area contributed by atoms with E-state index < -0.39 is 0 Å². The van der Waals surface area contributed by atoms with Crippen molar-refractivity contribution in [2.75, 3.05) is 17.6 Å². The molecule has 0 atom stereocenters. The first-order chi connectivity index (χ1) is 8.66. The van der Waals surface area contributed by atoms with Crippen molar-refractivity contribution in [1.82, 2.24) is 4.98 Å². The fraction of sp³-hybridized carbons (Fsp3) is 0.267. The van der Waals surface area contributed by atoms with Crippen molar-refractivity contribution >= 4 is 11.4 Å². The molecule has 0 aliphatic carbocycles. The molecular formula is C15H19N3. The number of aromatic nitrogens is 1. The highest BCUT2D eigenvalue weighted by atomic mass is 14.9. The molecule has 0 saturated heterocycles. The van der Waals surface area contributed by atoms with E-state index in [-0.39, 0.29) is 0 Å². The third-order valence-electron chi connectivity index (χ3n) is 3.12. The van der Waals surface area contributed by atoms with Crippen LogP contribution in [0.5, 0.6) is 0 Å². The number of rotatable bonds is 4. The summed E-state index contributed by atoms with van der Waals surface area (Å²) in [6, 6.07) is 8.16. The van der Waals surface area contributed by atoms with Crippen molar-refractivity contribution < 1.29 is 0 Å². The van der Waals surface area contributed by atoms with Crippen LogP contribution in [0.1, 0.15) is 16.7 Å². The lowest BCUT2D eigenvalue weighted by molar-refractivity contribution is 1.00. The minimum Gasteiger partial charge on any atom is -0.397 e. The fourth-order valence-corrected chi connectivity index (χ4v) is 1.88. The molecule has 0 aliphatic rings. The Morgan fingerprint density at radius 3 is 2.72 bits per heavy atom. The summed E-state index contributed by atoms with van der Waals surface area (Å²) < 4.78 is 0. The molecule has 2 aromatic rings. The molecule has 0 aliphatic heterocycles. The highest BCUT2D eigenvalue weighted by Crippen LogP contribution is 2.22. The Morgan fingerprint density at radius 1 is 1.22 bits per heavy atom. The van der Waals surface area contributed by atoms with Crippen LogP contribution in [-0.2, 0) is 6.42 Å². The molecule has 0 saturated carbocycles. The number of nitrogen functional groups attached to an aromatic ring is 1. The van der Waals surface area contributed by atoms with Crippen molar-refractivity contribution in [3.8, 4) is 0 Å². The summed E-state index contributed by atoms with van der Waals surface area (Å²) in [6.45, 7) is 5.03. The molecule has 1 aromatic heterocycles. The van der Waals surface area contributed by atoms with Gasteiger partial charge in [0.25, 0.3) is 0 Å². The Hall–Kier alpha value is -2.03. The molecule has 3 N–H and O–H groups in total. The molecule has 0 radical (unpaired) electrons. The van der Waals surface area contributed by atoms with E-state index in [1.807, 2.05) is 18.3 Å². The van der Waals surface area contributed by atoms with E-state index in [4.69, 9.17) is 5.73 Å². The summed E-state index contributed by atoms with van der Waals surface area (Å²) >= 11 is 0. The lowest BCUT2D eigenvalue weighted by Gasteiger charge is -2.12. The average Bonchev–Trinajstić information content (AvgIpc) is 2.37. The molecule has 2 rings (SSSR count). The molecule has 0 amide bonds. The van der Waals surface area contributed by atoms with Gasteiger partial charge in [-0.15, -0.1) is 0 Å². The SMILES string of the molecule is Cc1cc(N)c(NCCc2cccnc2)cc1C. The first kappa shape index (κ1) is 12.4. The third-order valence-corrected chi connectivity index (χ3v) is 3.12. The van der Waals surface area contributed by atoms with Crippen molar-refractivity contribution in [3.05, 3.63) is 53.3 Å². The summed E-state index contributed by atoms with van der Waals surface area (Å²) in [5, 5.41) is 3.38. The van der Waals surface area contributed by atoms with Gasteiger partial charge in [0, 0.05) is 18.9 Å². The summed E-state index contributed by atoms with van der Waals surface area (Å²) in [6.07, 6.45) is 4.63. The Bertz CT molecular complexity index is 521. The molecule has 0 fully saturated rings. The van der Waals surface area contributed by atoms with E-state index in [0.29, 0.717) is 0 Å². The van der Waals surface area contributed by atoms with Gasteiger partial charge in [-0.3, -0.25) is 4.98 Å². The molecule has 0 bridgehead atoms. The van der Waals surface area contributed by atoms with Gasteiger partial charge in [0.1, 0.15) is 0 Å². The lowest BCUT2D eigenvalue weighted by Crippen LogP contribution is -2.07. The van der Waals surface area contributed by atoms with Gasteiger partial charge in [-0.05, 0) is 55.2 Å². The number of aryl methyl sites for hydroxylation is 2. The lowest BCUT2D eigenvalue weighted by atomic mass is 10.1. The number of hydrogen-bond acceptors (Lipinski definition) is 3. The maximum absolute atomic E-state index is 5.99. The smallest absolute Gasteiger partial charge is 0.0576 e. The largest absolute Gasteiger partial charge is 0.397 e. The quantitative estimate of drug-likeness (QED) is 0.809. The number of pyridine rings is 1. The highest BCUT2D eigenvalue weighted by Gasteiger charge is 2.02. The van der Waals surface area contributed by atoms with E-state index in [1.165, 1.54) is 16.7 Å². The van der Waals surface area contributed by atoms with Crippen molar-refractivity contribution in [2.45, 2.75) is 20.3 Å². The van der Waals surface area contributed by atoms with Crippen LogP contribution in [0.3, 0.4) is 0 Å². The van der Waals surface area contributed by atoms with E-state index in [0.717, 1.165) is 24.3 Å². The topological polar surface area (TPSA) is 50.9 Å². The molecule has 94 valence electrons. The maximum Gasteiger partial charge on any atom is 0.0576 e. The third kappa shape index (κ3) is 3.00. The Morgan fingerprint density at radius 2 is 2.00 bits per heavy atom. The highest BCUT2D eigenvalue weighted by molar-refractivity contribution is 5.68. The van der Waals surface area contributed by atoms with Gasteiger partial charge in [-0.25, -0.2) is 0 Å². The van der Waals surface area contributed by atoms with E-state index in [2.05, 4.69) is 36.3 Å². The van der Waals surface area contributed by atoms with Gasteiger partial charge in [0.15, 0.2) is 0 Å². The molecule has 1 heterocycles. The standard InChI is InChI=1S/C15H19N3/c1-11-8-14(16)15(9-12(11)2)18-7-5-13-4-3-6-17-10-13/h3-4,6,8-10,18H,5,7,16H2,1-2H3. The molecule has 0 unspecified atom stereocenters. The predicted octanol–water partition coefficient (Wildman–Crippen LogP) is 2.94. The normalized spacial score (nSPS) is 10.3. The summed E-state index contributed by atoms with van der Waals surface area (Å²) in [7, 11) is 0. The van der Waals surface area contributed by atoms with Crippen molar-refractivity contribution in [2.24, 2.45) is 0 Å². The van der Waals surface area contributed by atoms with Crippen LogP contribution in [0.25, 0.3) is 0 Å². The zero-order valence-corrected chi connectivity index (χ0v) is 10.9. The van der Waals surface area contributed by atoms with E-state index in [1.54, 1.807) is 6.20 Å². The molecule has 0 spiro atoms. The second-order valence-corrected chi connectivity index (χ2v) is 4.56. The first-order valence-corrected chi connectivity index (χ1v) is 6.16. The van der Waals surface area contributed by atoms with E-state index >= 15 is 0 Å². The van der Waals surface area contributed by atoms with Crippen molar-refractivity contribution in [1.29, 1.82) is 0 Å². The van der Waals surface area contributed by atoms with E-state index in [9.17, 15) is 0 Å². The Labute approximate surface area is 108 Å². The summed E-state index contributed by atoms with van der Waals surface area (Å²) in [5.74, 6) is 0. The molecular weight excluding hydrogens is 222 g/mol. The molecule has 18 heavy (non-hydrogen) atoms. The van der Waals surface area contributed by atoms with Gasteiger partial charge in [-0.2, -0.15) is 0 Å². The summed E-state index contributed by atoms with van der Waals surface area (Å²) in [5.41, 5.74) is 11.5. The summed E-state index contributed by atoms with van der Waals surface area (Å²) in [4.78, 5) is 4.10. The Balaban J connectivity index is 1.97. The predicted molar refractivity (Wildman–Crippen MR) is 76.8 cm³/mol. The van der Waals surface area contributed by atoms with Crippen LogP contribution in [0.15, 0.2) is 36.7 Å². The van der Waals surface area contributed by atoms with Crippen LogP contribution < -0.4 is 11.1 Å². The van der Waals surface area contributed by atoms with Gasteiger partial charge in [-0.1, -0.05) is 6.07 Å². The molecule has 1 aromatic carbocycles. The van der Waals surface area contributed by atoms with Crippen LogP contribution in [0, 0.1) is 13.8 Å². The van der Waals surface area contributed by atoms with Crippen LogP contribution in [-0.4, -0.2) is 11.5 Å². The number of nitrogens with two attached hydrogens (primary N) is 1. The van der Waals surface area contributed by atoms with Gasteiger partial charge >= 0.3 is 0 Å². The minimum absolute atomic E-state index is 0.810. The number of hydrogen-bond donors (Lipinski definition) is 2.